The number of carbonyl (C=O) groups is 1. The lowest BCUT2D eigenvalue weighted by Crippen LogP contribution is -2.44. The van der Waals surface area contributed by atoms with Gasteiger partial charge >= 0.3 is 0 Å². The number of piperidine rings is 1. The Bertz CT molecular complexity index is 1400. The third-order valence-electron chi connectivity index (χ3n) is 7.05. The second kappa shape index (κ2) is 10.0. The topological polar surface area (TPSA) is 135 Å². The Morgan fingerprint density at radius 3 is 2.72 bits per heavy atom. The Labute approximate surface area is 214 Å². The number of primary amides is 1. The molecule has 0 spiro atoms. The lowest BCUT2D eigenvalue weighted by atomic mass is 10.0. The van der Waals surface area contributed by atoms with E-state index in [0.717, 1.165) is 71.4 Å². The first-order valence-electron chi connectivity index (χ1n) is 12.5. The van der Waals surface area contributed by atoms with Crippen molar-refractivity contribution < 1.29 is 9.90 Å². The van der Waals surface area contributed by atoms with Gasteiger partial charge in [0.1, 0.15) is 27.5 Å². The van der Waals surface area contributed by atoms with Crippen LogP contribution in [-0.2, 0) is 13.5 Å². The number of amides is 1. The fraction of sp³-hybridized carbons (Fsp3) is 0.423. The van der Waals surface area contributed by atoms with Crippen LogP contribution >= 0.6 is 11.3 Å². The number of hydrogen-bond donors (Lipinski definition) is 4. The number of rotatable bonds is 8. The van der Waals surface area contributed by atoms with E-state index in [9.17, 15) is 9.90 Å². The summed E-state index contributed by atoms with van der Waals surface area (Å²) in [6.07, 6.45) is 3.04. The number of carbonyl (C=O) groups excluding carboxylic acids is 1. The molecule has 6 N–H and O–H groups in total. The molecule has 1 atom stereocenters. The Kier molecular flexibility index (Phi) is 6.83. The number of para-hydroxylation sites is 2. The van der Waals surface area contributed by atoms with Crippen LogP contribution in [-0.4, -0.2) is 51.2 Å². The maximum atomic E-state index is 11.8. The van der Waals surface area contributed by atoms with E-state index in [0.29, 0.717) is 29.0 Å². The van der Waals surface area contributed by atoms with Crippen molar-refractivity contribution in [2.45, 2.75) is 44.8 Å². The Morgan fingerprint density at radius 2 is 2.03 bits per heavy atom. The summed E-state index contributed by atoms with van der Waals surface area (Å²) in [5.41, 5.74) is 15.3. The van der Waals surface area contributed by atoms with Gasteiger partial charge in [-0.15, -0.1) is 11.3 Å². The summed E-state index contributed by atoms with van der Waals surface area (Å²) in [6, 6.07) is 10.3. The summed E-state index contributed by atoms with van der Waals surface area (Å²) in [7, 11) is 1.94. The summed E-state index contributed by atoms with van der Waals surface area (Å²) < 4.78 is 1.96. The largest absolute Gasteiger partial charge is 0.397 e. The van der Waals surface area contributed by atoms with Crippen LogP contribution in [0.15, 0.2) is 30.3 Å². The first-order valence-corrected chi connectivity index (χ1v) is 13.3. The maximum Gasteiger partial charge on any atom is 0.260 e. The highest BCUT2D eigenvalue weighted by atomic mass is 32.1. The van der Waals surface area contributed by atoms with Crippen LogP contribution < -0.4 is 21.7 Å². The number of nitrogens with zero attached hydrogens (tertiary/aromatic N) is 4. The van der Waals surface area contributed by atoms with Crippen molar-refractivity contribution in [1.82, 2.24) is 19.9 Å². The van der Waals surface area contributed by atoms with Crippen molar-refractivity contribution in [3.8, 4) is 0 Å². The number of aliphatic hydroxyl groups is 1. The van der Waals surface area contributed by atoms with Crippen LogP contribution in [0.25, 0.3) is 21.3 Å². The van der Waals surface area contributed by atoms with Gasteiger partial charge in [-0.3, -0.25) is 4.79 Å². The number of imidazole rings is 1. The van der Waals surface area contributed by atoms with Gasteiger partial charge in [0.2, 0.25) is 0 Å². The van der Waals surface area contributed by atoms with Gasteiger partial charge in [-0.1, -0.05) is 25.5 Å². The highest BCUT2D eigenvalue weighted by Gasteiger charge is 2.25. The van der Waals surface area contributed by atoms with E-state index in [-0.39, 0.29) is 0 Å². The lowest BCUT2D eigenvalue weighted by molar-refractivity contribution is 0.100. The van der Waals surface area contributed by atoms with Crippen molar-refractivity contribution in [1.29, 1.82) is 0 Å². The molecule has 36 heavy (non-hydrogen) atoms. The summed E-state index contributed by atoms with van der Waals surface area (Å²) in [6.45, 7) is 4.29. The number of nitrogen functional groups attached to an aromatic ring is 1. The average molecular weight is 508 g/mol. The highest BCUT2D eigenvalue weighted by Crippen LogP contribution is 2.37. The molecule has 1 saturated heterocycles. The normalized spacial score (nSPS) is 15.7. The van der Waals surface area contributed by atoms with Gasteiger partial charge in [-0.2, -0.15) is 0 Å². The molecule has 10 heteroatoms. The molecule has 9 nitrogen and oxygen atoms in total. The van der Waals surface area contributed by atoms with Crippen molar-refractivity contribution in [2.24, 2.45) is 12.8 Å². The van der Waals surface area contributed by atoms with Crippen LogP contribution in [0.4, 0.5) is 11.5 Å². The smallest absolute Gasteiger partial charge is 0.260 e. The predicted octanol–water partition coefficient (Wildman–Crippen LogP) is 3.11. The Balaban J connectivity index is 1.25. The van der Waals surface area contributed by atoms with Crippen LogP contribution in [0, 0.1) is 0 Å². The third-order valence-corrected chi connectivity index (χ3v) is 8.16. The second-order valence-electron chi connectivity index (χ2n) is 9.48. The zero-order valence-corrected chi connectivity index (χ0v) is 21.5. The minimum absolute atomic E-state index is 0.309. The standard InChI is InChI=1S/C26H33N7O2S/c1-3-6-15-13-20(31-26-21(15)22(27)23(36-26)24(28)35)33-11-9-16(10-12-33)29-14-19(34)25-30-17-7-4-5-8-18(17)32(25)2/h4-5,7-8,13,16,19,29,34H,3,6,9-12,14,27H2,1-2H3,(H2,28,35). The van der Waals surface area contributed by atoms with E-state index >= 15 is 0 Å². The molecule has 1 aromatic carbocycles. The van der Waals surface area contributed by atoms with E-state index < -0.39 is 12.0 Å². The molecule has 1 unspecified atom stereocenters. The number of anilines is 2. The number of benzene rings is 1. The molecule has 4 aromatic rings. The first-order chi connectivity index (χ1) is 17.4. The van der Waals surface area contributed by atoms with Gasteiger partial charge in [-0.25, -0.2) is 9.97 Å². The van der Waals surface area contributed by atoms with Gasteiger partial charge in [0.15, 0.2) is 0 Å². The lowest BCUT2D eigenvalue weighted by Gasteiger charge is -2.34. The van der Waals surface area contributed by atoms with Crippen LogP contribution in [0.2, 0.25) is 0 Å². The molecule has 1 fully saturated rings. The molecule has 0 saturated carbocycles. The molecule has 1 aliphatic heterocycles. The summed E-state index contributed by atoms with van der Waals surface area (Å²) in [5, 5.41) is 15.2. The van der Waals surface area contributed by atoms with Crippen molar-refractivity contribution in [2.75, 3.05) is 30.3 Å². The predicted molar refractivity (Wildman–Crippen MR) is 145 cm³/mol. The number of aromatic nitrogens is 3. The van der Waals surface area contributed by atoms with E-state index in [1.54, 1.807) is 0 Å². The Hall–Kier alpha value is -3.21. The van der Waals surface area contributed by atoms with Gasteiger partial charge < -0.3 is 31.4 Å². The van der Waals surface area contributed by atoms with Crippen LogP contribution in [0.1, 0.15) is 53.3 Å². The highest BCUT2D eigenvalue weighted by molar-refractivity contribution is 7.21. The minimum Gasteiger partial charge on any atom is -0.397 e. The zero-order chi connectivity index (χ0) is 25.4. The first kappa shape index (κ1) is 24.5. The minimum atomic E-state index is -0.676. The number of fused-ring (bicyclic) bond motifs is 2. The molecule has 3 aromatic heterocycles. The van der Waals surface area contributed by atoms with Crippen LogP contribution in [0.5, 0.6) is 0 Å². The maximum absolute atomic E-state index is 11.8. The van der Waals surface area contributed by atoms with Gasteiger partial charge in [0.05, 0.1) is 16.7 Å². The number of thiophene rings is 1. The fourth-order valence-electron chi connectivity index (χ4n) is 5.14. The third kappa shape index (κ3) is 4.52. The monoisotopic (exact) mass is 507 g/mol. The fourth-order valence-corrected chi connectivity index (χ4v) is 6.13. The number of pyridine rings is 1. The molecule has 190 valence electrons. The number of nitrogens with two attached hydrogens (primary N) is 2. The van der Waals surface area contributed by atoms with Gasteiger partial charge in [-0.05, 0) is 43.0 Å². The molecule has 0 bridgehead atoms. The number of aliphatic hydroxyl groups excluding tert-OH is 1. The zero-order valence-electron chi connectivity index (χ0n) is 20.7. The average Bonchev–Trinajstić information content (AvgIpc) is 3.40. The summed E-state index contributed by atoms with van der Waals surface area (Å²) in [4.78, 5) is 24.8. The molecule has 0 aliphatic carbocycles. The SMILES string of the molecule is CCCc1cc(N2CCC(NCC(O)c3nc4ccccc4n3C)CC2)nc2sc(C(N)=O)c(N)c12. The molecule has 4 heterocycles. The van der Waals surface area contributed by atoms with Crippen LogP contribution in [0.3, 0.4) is 0 Å². The molecule has 5 rings (SSSR count). The number of nitrogens with one attached hydrogen (secondary N) is 1. The molecule has 0 radical (unpaired) electrons. The molecular weight excluding hydrogens is 474 g/mol. The van der Waals surface area contributed by atoms with Crippen molar-refractivity contribution in [3.05, 3.63) is 46.6 Å². The number of aryl methyl sites for hydroxylation is 2. The van der Waals surface area contributed by atoms with Crippen molar-refractivity contribution in [3.63, 3.8) is 0 Å². The van der Waals surface area contributed by atoms with Gasteiger partial charge in [0, 0.05) is 38.1 Å². The quantitative estimate of drug-likeness (QED) is 0.288. The molecule has 1 amide bonds. The van der Waals surface area contributed by atoms with Gasteiger partial charge in [0.25, 0.3) is 5.91 Å². The van der Waals surface area contributed by atoms with E-state index in [1.165, 1.54) is 11.3 Å². The summed E-state index contributed by atoms with van der Waals surface area (Å²) in [5.74, 6) is 1.08. The number of hydrogen-bond acceptors (Lipinski definition) is 8. The van der Waals surface area contributed by atoms with E-state index in [1.807, 2.05) is 35.9 Å². The van der Waals surface area contributed by atoms with Crippen molar-refractivity contribution >= 4 is 50.0 Å². The second-order valence-corrected chi connectivity index (χ2v) is 10.5. The Morgan fingerprint density at radius 1 is 1.28 bits per heavy atom. The van der Waals surface area contributed by atoms with E-state index in [2.05, 4.69) is 28.2 Å². The molecule has 1 aliphatic rings. The summed E-state index contributed by atoms with van der Waals surface area (Å²) >= 11 is 1.28. The van der Waals surface area contributed by atoms with E-state index in [4.69, 9.17) is 16.5 Å². The molecular formula is C26H33N7O2S.